The first-order valence-corrected chi connectivity index (χ1v) is 13.9. The van der Waals surface area contributed by atoms with E-state index in [4.69, 9.17) is 9.41 Å². The smallest absolute Gasteiger partial charge is 0.157 e. The zero-order valence-corrected chi connectivity index (χ0v) is 24.6. The van der Waals surface area contributed by atoms with E-state index >= 15 is 0 Å². The van der Waals surface area contributed by atoms with Crippen molar-refractivity contribution in [3.05, 3.63) is 105 Å². The molecule has 198 valence electrons. The van der Waals surface area contributed by atoms with Gasteiger partial charge in [-0.05, 0) is 72.6 Å². The number of fused-ring (bicyclic) bond motifs is 4. The van der Waals surface area contributed by atoms with Gasteiger partial charge in [0.1, 0.15) is 5.58 Å². The highest BCUT2D eigenvalue weighted by molar-refractivity contribution is 6.23. The van der Waals surface area contributed by atoms with Gasteiger partial charge in [0, 0.05) is 33.3 Å². The van der Waals surface area contributed by atoms with Crippen LogP contribution in [0, 0.1) is 20.8 Å². The van der Waals surface area contributed by atoms with Gasteiger partial charge < -0.3 is 9.40 Å². The van der Waals surface area contributed by atoms with Crippen LogP contribution >= 0.6 is 0 Å². The first-order valence-electron chi connectivity index (χ1n) is 13.9. The van der Waals surface area contributed by atoms with E-state index in [0.717, 1.165) is 39.2 Å². The highest BCUT2D eigenvalue weighted by Gasteiger charge is 2.29. The lowest BCUT2D eigenvalue weighted by Gasteiger charge is -2.22. The van der Waals surface area contributed by atoms with Crippen LogP contribution in [0.15, 0.2) is 64.0 Å². The van der Waals surface area contributed by atoms with Gasteiger partial charge in [-0.25, -0.2) is 4.99 Å². The van der Waals surface area contributed by atoms with Gasteiger partial charge in [0.15, 0.2) is 5.58 Å². The normalized spacial score (nSPS) is 15.0. The van der Waals surface area contributed by atoms with Gasteiger partial charge in [-0.2, -0.15) is 0 Å². The molecular weight excluding hydrogens is 476 g/mol. The lowest BCUT2D eigenvalue weighted by molar-refractivity contribution is 0.573. The summed E-state index contributed by atoms with van der Waals surface area (Å²) in [6.45, 7) is 20.1. The van der Waals surface area contributed by atoms with Crippen molar-refractivity contribution in [1.82, 2.24) is 4.98 Å². The topological polar surface area (TPSA) is 41.3 Å². The maximum Gasteiger partial charge on any atom is 0.157 e. The van der Waals surface area contributed by atoms with Crippen LogP contribution in [0.5, 0.6) is 0 Å². The van der Waals surface area contributed by atoms with E-state index < -0.39 is 0 Å². The Morgan fingerprint density at radius 3 is 2.15 bits per heavy atom. The van der Waals surface area contributed by atoms with Crippen LogP contribution in [0.1, 0.15) is 91.7 Å². The van der Waals surface area contributed by atoms with Crippen molar-refractivity contribution < 1.29 is 4.42 Å². The van der Waals surface area contributed by atoms with E-state index in [1.807, 2.05) is 12.1 Å². The molecule has 3 heteroatoms. The van der Waals surface area contributed by atoms with E-state index in [0.29, 0.717) is 0 Å². The Hall–Kier alpha value is -3.85. The highest BCUT2D eigenvalue weighted by Crippen LogP contribution is 2.42. The van der Waals surface area contributed by atoms with Gasteiger partial charge in [-0.15, -0.1) is 0 Å². The van der Waals surface area contributed by atoms with Crippen molar-refractivity contribution in [2.24, 2.45) is 4.99 Å². The van der Waals surface area contributed by atoms with Gasteiger partial charge in [-0.1, -0.05) is 83.5 Å². The molecule has 1 aliphatic heterocycles. The molecule has 0 spiro atoms. The minimum atomic E-state index is -0.116. The van der Waals surface area contributed by atoms with Gasteiger partial charge in [0.05, 0.1) is 16.9 Å². The van der Waals surface area contributed by atoms with Crippen molar-refractivity contribution in [2.75, 3.05) is 0 Å². The van der Waals surface area contributed by atoms with Gasteiger partial charge in [0.25, 0.3) is 0 Å². The Morgan fingerprint density at radius 1 is 0.795 bits per heavy atom. The maximum atomic E-state index is 6.41. The lowest BCUT2D eigenvalue weighted by Crippen LogP contribution is -2.14. The summed E-state index contributed by atoms with van der Waals surface area (Å²) in [5.41, 5.74) is 15.9. The average Bonchev–Trinajstić information content (AvgIpc) is 3.47. The number of aromatic nitrogens is 1. The molecule has 1 N–H and O–H groups in total. The van der Waals surface area contributed by atoms with Gasteiger partial charge in [0.2, 0.25) is 0 Å². The predicted molar refractivity (Wildman–Crippen MR) is 166 cm³/mol. The number of hydrogen-bond acceptors (Lipinski definition) is 2. The third kappa shape index (κ3) is 4.16. The van der Waals surface area contributed by atoms with Crippen molar-refractivity contribution in [3.63, 3.8) is 0 Å². The van der Waals surface area contributed by atoms with E-state index in [-0.39, 0.29) is 10.8 Å². The summed E-state index contributed by atoms with van der Waals surface area (Å²) in [7, 11) is 0. The molecule has 39 heavy (non-hydrogen) atoms. The number of para-hydroxylation sites is 1. The molecule has 0 saturated carbocycles. The first kappa shape index (κ1) is 25.4. The molecule has 6 rings (SSSR count). The summed E-state index contributed by atoms with van der Waals surface area (Å²) in [6, 6.07) is 19.6. The van der Waals surface area contributed by atoms with E-state index in [1.165, 1.54) is 44.5 Å². The lowest BCUT2D eigenvalue weighted by atomic mass is 9.82. The fraction of sp³-hybridized carbons (Fsp3) is 0.306. The second-order valence-electron chi connectivity index (χ2n) is 13.2. The number of hydrogen-bond donors (Lipinski definition) is 1. The number of benzene rings is 3. The zero-order chi connectivity index (χ0) is 27.9. The fourth-order valence-electron chi connectivity index (χ4n) is 6.04. The fourth-order valence-corrected chi connectivity index (χ4v) is 6.04. The number of nitrogens with one attached hydrogen (secondary N) is 1. The second kappa shape index (κ2) is 8.58. The van der Waals surface area contributed by atoms with E-state index in [2.05, 4.69) is 116 Å². The molecule has 0 unspecified atom stereocenters. The minimum Gasteiger partial charge on any atom is -0.454 e. The number of furan rings is 1. The SMILES string of the molecule is Cc1ccc2c(c1)C(=Cc1[nH]c3c(oc4ccccc43)c1C(C)(C)C)N=C2c1c(C)cc(C(C)(C)C)cc1C. The molecule has 1 aliphatic rings. The largest absolute Gasteiger partial charge is 0.454 e. The highest BCUT2D eigenvalue weighted by atomic mass is 16.3. The Bertz CT molecular complexity index is 1820. The number of rotatable bonds is 2. The van der Waals surface area contributed by atoms with Crippen molar-refractivity contribution in [3.8, 4) is 0 Å². The van der Waals surface area contributed by atoms with Crippen LogP contribution in [0.4, 0.5) is 0 Å². The van der Waals surface area contributed by atoms with Crippen molar-refractivity contribution in [2.45, 2.75) is 73.1 Å². The third-order valence-corrected chi connectivity index (χ3v) is 7.96. The van der Waals surface area contributed by atoms with Crippen LogP contribution in [-0.4, -0.2) is 10.7 Å². The summed E-state index contributed by atoms with van der Waals surface area (Å²) >= 11 is 0. The molecule has 0 aliphatic carbocycles. The Morgan fingerprint density at radius 2 is 1.49 bits per heavy atom. The van der Waals surface area contributed by atoms with E-state index in [9.17, 15) is 0 Å². The first-order chi connectivity index (χ1) is 18.3. The molecule has 5 aromatic rings. The molecule has 0 saturated heterocycles. The van der Waals surface area contributed by atoms with Gasteiger partial charge in [-0.3, -0.25) is 0 Å². The molecule has 3 aromatic carbocycles. The average molecular weight is 515 g/mol. The number of aliphatic imine (C=N–C) groups is 1. The number of aromatic amines is 1. The van der Waals surface area contributed by atoms with Crippen molar-refractivity contribution >= 4 is 39.6 Å². The molecule has 0 bridgehead atoms. The number of H-pyrrole nitrogens is 1. The van der Waals surface area contributed by atoms with Crippen molar-refractivity contribution in [1.29, 1.82) is 0 Å². The Balaban J connectivity index is 1.59. The summed E-state index contributed by atoms with van der Waals surface area (Å²) in [5, 5.41) is 1.11. The predicted octanol–water partition coefficient (Wildman–Crippen LogP) is 9.78. The minimum absolute atomic E-state index is 0.101. The summed E-state index contributed by atoms with van der Waals surface area (Å²) in [6.07, 6.45) is 2.23. The molecular formula is C36H38N2O. The molecule has 2 aromatic heterocycles. The standard InChI is InChI=1S/C36H38N2O/c1-20-14-15-24-26(16-20)27(37-32(24)30-21(2)17-23(18-22(30)3)35(4,5)6)19-28-31(36(7,8)9)34-33(38-28)25-12-10-11-13-29(25)39-34/h10-19,38H,1-9H3. The summed E-state index contributed by atoms with van der Waals surface area (Å²) in [4.78, 5) is 9.07. The number of nitrogens with zero attached hydrogens (tertiary/aromatic N) is 1. The van der Waals surface area contributed by atoms with Gasteiger partial charge >= 0.3 is 0 Å². The molecule has 0 atom stereocenters. The van der Waals surface area contributed by atoms with Crippen LogP contribution in [-0.2, 0) is 10.8 Å². The molecule has 0 radical (unpaired) electrons. The van der Waals surface area contributed by atoms with Crippen LogP contribution < -0.4 is 0 Å². The molecule has 3 heterocycles. The van der Waals surface area contributed by atoms with Crippen LogP contribution in [0.25, 0.3) is 33.8 Å². The number of aryl methyl sites for hydroxylation is 3. The van der Waals surface area contributed by atoms with Crippen LogP contribution in [0.2, 0.25) is 0 Å². The molecule has 0 amide bonds. The zero-order valence-electron chi connectivity index (χ0n) is 24.6. The second-order valence-corrected chi connectivity index (χ2v) is 13.2. The summed E-state index contributed by atoms with van der Waals surface area (Å²) in [5.74, 6) is 0. The summed E-state index contributed by atoms with van der Waals surface area (Å²) < 4.78 is 6.41. The quantitative estimate of drug-likeness (QED) is 0.250. The maximum absolute atomic E-state index is 6.41. The Labute approximate surface area is 231 Å². The van der Waals surface area contributed by atoms with Crippen LogP contribution in [0.3, 0.4) is 0 Å². The van der Waals surface area contributed by atoms with E-state index in [1.54, 1.807) is 0 Å². The molecule has 3 nitrogen and oxygen atoms in total. The molecule has 0 fully saturated rings. The third-order valence-electron chi connectivity index (χ3n) is 7.96. The Kier molecular flexibility index (Phi) is 5.59. The monoisotopic (exact) mass is 514 g/mol.